The molecule has 282 valence electrons. The predicted molar refractivity (Wildman–Crippen MR) is 191 cm³/mol. The van der Waals surface area contributed by atoms with E-state index >= 15 is 0 Å². The minimum atomic E-state index is -4.82. The number of aryl methyl sites for hydroxylation is 1. The third kappa shape index (κ3) is 8.15. The zero-order chi connectivity index (χ0) is 37.8. The van der Waals surface area contributed by atoms with Gasteiger partial charge in [0.25, 0.3) is 0 Å². The van der Waals surface area contributed by atoms with Crippen LogP contribution in [0.4, 0.5) is 36.3 Å². The van der Waals surface area contributed by atoms with Crippen molar-refractivity contribution < 1.29 is 46.5 Å². The summed E-state index contributed by atoms with van der Waals surface area (Å²) in [7, 11) is -0.377. The number of rotatable bonds is 15. The van der Waals surface area contributed by atoms with Gasteiger partial charge in [0.05, 0.1) is 43.2 Å². The first-order valence-corrected chi connectivity index (χ1v) is 18.7. The Bertz CT molecular complexity index is 1950. The lowest BCUT2D eigenvalue weighted by molar-refractivity contribution is -0.146. The molecule has 17 heteroatoms. The monoisotopic (exact) mass is 748 g/mol. The molecule has 1 aliphatic rings. The summed E-state index contributed by atoms with van der Waals surface area (Å²) in [6.07, 6.45) is -0.519. The zero-order valence-corrected chi connectivity index (χ0v) is 30.5. The third-order valence-electron chi connectivity index (χ3n) is 9.25. The van der Waals surface area contributed by atoms with Gasteiger partial charge in [-0.2, -0.15) is 18.2 Å². The van der Waals surface area contributed by atoms with Crippen molar-refractivity contribution in [3.63, 3.8) is 0 Å². The van der Waals surface area contributed by atoms with Gasteiger partial charge in [-0.15, -0.1) is 0 Å². The molecule has 0 saturated heterocycles. The van der Waals surface area contributed by atoms with Crippen molar-refractivity contribution >= 4 is 47.5 Å². The van der Waals surface area contributed by atoms with Crippen molar-refractivity contribution in [1.29, 1.82) is 0 Å². The molecule has 2 aromatic heterocycles. The largest absolute Gasteiger partial charge is 0.495 e. The molecule has 0 spiro atoms. The second kappa shape index (κ2) is 15.7. The molecule has 5 rings (SSSR count). The maximum absolute atomic E-state index is 14.3. The van der Waals surface area contributed by atoms with E-state index in [9.17, 15) is 32.7 Å². The lowest BCUT2D eigenvalue weighted by Gasteiger charge is -2.37. The molecular weight excluding hydrogens is 704 g/mol. The number of likely N-dealkylation sites (N-methyl/N-ethyl adjacent to an activating group) is 1. The summed E-state index contributed by atoms with van der Waals surface area (Å²) < 4.78 is 73.7. The second-order valence-electron chi connectivity index (χ2n) is 12.6. The quantitative estimate of drug-likeness (QED) is 0.0743. The average molecular weight is 749 g/mol. The van der Waals surface area contributed by atoms with Crippen LogP contribution in [-0.2, 0) is 37.8 Å². The van der Waals surface area contributed by atoms with E-state index in [4.69, 9.17) is 13.8 Å². The first-order chi connectivity index (χ1) is 24.7. The van der Waals surface area contributed by atoms with Crippen LogP contribution in [0.15, 0.2) is 42.7 Å². The van der Waals surface area contributed by atoms with Crippen LogP contribution < -0.4 is 20.7 Å². The van der Waals surface area contributed by atoms with Crippen LogP contribution in [0.1, 0.15) is 69.1 Å². The van der Waals surface area contributed by atoms with Gasteiger partial charge >= 0.3 is 19.7 Å². The second-order valence-corrected chi connectivity index (χ2v) is 14.6. The Labute approximate surface area is 299 Å². The van der Waals surface area contributed by atoms with Gasteiger partial charge in [-0.25, -0.2) is 4.98 Å². The number of ether oxygens (including phenoxy) is 1. The SMILES string of the molecule is CCNC1(C(=O)O)CCC(c2ccc(Nc3nc(Nc4ccc(CP(=O)(OCC)OCC)cc4OC)ncc3C(F)(F)F)c3c(O)n(C)cc23)CC1. The molecular formula is C35H44F3N6O7P. The number of methoxy groups -OCH3 is 1. The summed E-state index contributed by atoms with van der Waals surface area (Å²) in [5.74, 6) is -1.53. The normalized spacial score (nSPS) is 18.0. The van der Waals surface area contributed by atoms with Crippen LogP contribution in [0.25, 0.3) is 10.8 Å². The van der Waals surface area contributed by atoms with Crippen molar-refractivity contribution in [3.05, 3.63) is 59.4 Å². The number of aromatic hydroxyl groups is 1. The first kappa shape index (κ1) is 38.9. The number of nitrogens with one attached hydrogen (secondary N) is 3. The topological polar surface area (TPSA) is 169 Å². The minimum absolute atomic E-state index is 0.0182. The van der Waals surface area contributed by atoms with Gasteiger partial charge in [0.1, 0.15) is 22.7 Å². The van der Waals surface area contributed by atoms with Crippen molar-refractivity contribution in [2.24, 2.45) is 7.05 Å². The van der Waals surface area contributed by atoms with Crippen molar-refractivity contribution in [2.75, 3.05) is 37.5 Å². The number of halogens is 3. The number of alkyl halides is 3. The fourth-order valence-electron chi connectivity index (χ4n) is 6.81. The lowest BCUT2D eigenvalue weighted by Crippen LogP contribution is -2.53. The highest BCUT2D eigenvalue weighted by atomic mass is 31.2. The zero-order valence-electron chi connectivity index (χ0n) is 29.6. The summed E-state index contributed by atoms with van der Waals surface area (Å²) in [6, 6.07) is 8.26. The Morgan fingerprint density at radius 3 is 2.35 bits per heavy atom. The number of nitrogens with zero attached hydrogens (tertiary/aromatic N) is 3. The summed E-state index contributed by atoms with van der Waals surface area (Å²) in [6.45, 7) is 6.20. The lowest BCUT2D eigenvalue weighted by atomic mass is 9.73. The molecule has 0 unspecified atom stereocenters. The fraction of sp³-hybridized carbons (Fsp3) is 0.457. The predicted octanol–water partition coefficient (Wildman–Crippen LogP) is 8.05. The summed E-state index contributed by atoms with van der Waals surface area (Å²) >= 11 is 0. The highest BCUT2D eigenvalue weighted by Crippen LogP contribution is 2.52. The number of benzene rings is 2. The maximum atomic E-state index is 14.3. The van der Waals surface area contributed by atoms with Gasteiger partial charge in [0.15, 0.2) is 0 Å². The van der Waals surface area contributed by atoms with E-state index in [-0.39, 0.29) is 48.6 Å². The molecule has 13 nitrogen and oxygen atoms in total. The van der Waals surface area contributed by atoms with E-state index in [0.717, 1.165) is 5.56 Å². The van der Waals surface area contributed by atoms with Gasteiger partial charge in [0.2, 0.25) is 11.8 Å². The number of carboxylic acid groups (broad SMARTS) is 1. The molecule has 0 amide bonds. The number of fused-ring (bicyclic) bond motifs is 1. The molecule has 1 saturated carbocycles. The Kier molecular flexibility index (Phi) is 11.7. The van der Waals surface area contributed by atoms with E-state index < -0.39 is 36.7 Å². The fourth-order valence-corrected chi connectivity index (χ4v) is 8.50. The van der Waals surface area contributed by atoms with Gasteiger partial charge in [0, 0.05) is 24.8 Å². The van der Waals surface area contributed by atoms with Crippen LogP contribution in [0, 0.1) is 0 Å². The van der Waals surface area contributed by atoms with Crippen LogP contribution in [0.2, 0.25) is 0 Å². The number of hydrogen-bond donors (Lipinski definition) is 5. The number of carbonyl (C=O) groups is 1. The van der Waals surface area contributed by atoms with E-state index in [1.54, 1.807) is 57.4 Å². The number of anilines is 4. The standard InChI is InChI=1S/C35H44F3N6O7P/c1-6-40-34(32(46)47)15-13-22(14-16-34)23-10-12-27(29-24(23)19-44(4)31(29)45)41-30-25(35(36,37)38)18-39-33(43-30)42-26-11-9-21(17-28(26)49-5)20-52(48,50-7-2)51-8-3/h9-12,17-19,22,40,45H,6-8,13-16,20H2,1-5H3,(H,46,47)(H2,39,41,42,43). The number of aliphatic carboxylic acids is 1. The van der Waals surface area contributed by atoms with E-state index in [2.05, 4.69) is 25.9 Å². The molecule has 0 aliphatic heterocycles. The van der Waals surface area contributed by atoms with Crippen LogP contribution in [0.5, 0.6) is 11.6 Å². The molecule has 1 fully saturated rings. The van der Waals surface area contributed by atoms with Gasteiger partial charge in [-0.1, -0.05) is 19.1 Å². The van der Waals surface area contributed by atoms with Gasteiger partial charge < -0.3 is 44.5 Å². The summed E-state index contributed by atoms with van der Waals surface area (Å²) in [5.41, 5.74) is -0.170. The highest BCUT2D eigenvalue weighted by molar-refractivity contribution is 7.53. The van der Waals surface area contributed by atoms with Gasteiger partial charge in [-0.05, 0) is 81.3 Å². The maximum Gasteiger partial charge on any atom is 0.421 e. The number of hydrogen-bond acceptors (Lipinski definition) is 11. The Balaban J connectivity index is 1.46. The molecule has 5 N–H and O–H groups in total. The Morgan fingerprint density at radius 1 is 1.08 bits per heavy atom. The summed E-state index contributed by atoms with van der Waals surface area (Å²) in [5, 5.41) is 30.8. The Hall–Kier alpha value is -4.37. The molecule has 0 atom stereocenters. The molecule has 0 radical (unpaired) electrons. The van der Waals surface area contributed by atoms with E-state index in [1.807, 2.05) is 6.92 Å². The molecule has 2 aromatic carbocycles. The summed E-state index contributed by atoms with van der Waals surface area (Å²) in [4.78, 5) is 20.2. The highest BCUT2D eigenvalue weighted by Gasteiger charge is 2.42. The molecule has 4 aromatic rings. The molecule has 2 heterocycles. The van der Waals surface area contributed by atoms with Crippen LogP contribution >= 0.6 is 7.60 Å². The van der Waals surface area contributed by atoms with E-state index in [1.165, 1.54) is 11.7 Å². The Morgan fingerprint density at radius 2 is 1.75 bits per heavy atom. The minimum Gasteiger partial charge on any atom is -0.495 e. The first-order valence-electron chi connectivity index (χ1n) is 17.0. The van der Waals surface area contributed by atoms with Crippen LogP contribution in [-0.4, -0.2) is 63.1 Å². The third-order valence-corrected chi connectivity index (χ3v) is 11.3. The average Bonchev–Trinajstić information content (AvgIpc) is 3.39. The van der Waals surface area contributed by atoms with Crippen LogP contribution in [0.3, 0.4) is 0 Å². The van der Waals surface area contributed by atoms with Crippen molar-refractivity contribution in [3.8, 4) is 11.6 Å². The number of carboxylic acids is 1. The van der Waals surface area contributed by atoms with Gasteiger partial charge in [-0.3, -0.25) is 9.36 Å². The van der Waals surface area contributed by atoms with Crippen molar-refractivity contribution in [2.45, 2.75) is 70.2 Å². The molecule has 52 heavy (non-hydrogen) atoms. The molecule has 0 bridgehead atoms. The van der Waals surface area contributed by atoms with Crippen molar-refractivity contribution in [1.82, 2.24) is 19.9 Å². The number of aromatic nitrogens is 3. The van der Waals surface area contributed by atoms with E-state index in [0.29, 0.717) is 60.4 Å². The molecule has 1 aliphatic carbocycles. The smallest absolute Gasteiger partial charge is 0.421 e.